The highest BCUT2D eigenvalue weighted by Gasteiger charge is 2.15. The fraction of sp³-hybridized carbons (Fsp3) is 0.143. The van der Waals surface area contributed by atoms with Crippen molar-refractivity contribution < 1.29 is 0 Å². The highest BCUT2D eigenvalue weighted by atomic mass is 15.1. The minimum atomic E-state index is 0.739. The van der Waals surface area contributed by atoms with Crippen LogP contribution in [0.25, 0.3) is 22.2 Å². The summed E-state index contributed by atoms with van der Waals surface area (Å²) in [6.45, 7) is 6.13. The van der Waals surface area contributed by atoms with Gasteiger partial charge in [0.1, 0.15) is 17.3 Å². The third kappa shape index (κ3) is 2.76. The van der Waals surface area contributed by atoms with Gasteiger partial charge in [-0.05, 0) is 37.5 Å². The van der Waals surface area contributed by atoms with Gasteiger partial charge in [0.2, 0.25) is 0 Å². The Balaban J connectivity index is 1.93. The van der Waals surface area contributed by atoms with E-state index in [4.69, 9.17) is 4.98 Å². The summed E-state index contributed by atoms with van der Waals surface area (Å²) in [5, 5.41) is 4.56. The van der Waals surface area contributed by atoms with Crippen LogP contribution < -0.4 is 5.32 Å². The average molecular weight is 328 g/mol. The average Bonchev–Trinajstić information content (AvgIpc) is 3.03. The predicted octanol–water partition coefficient (Wildman–Crippen LogP) is 5.29. The van der Waals surface area contributed by atoms with Crippen LogP contribution in [0.2, 0.25) is 0 Å². The summed E-state index contributed by atoms with van der Waals surface area (Å²) in [7, 11) is 0. The van der Waals surface area contributed by atoms with Gasteiger partial charge in [0.25, 0.3) is 0 Å². The Morgan fingerprint density at radius 2 is 1.56 bits per heavy atom. The number of aromatic amines is 1. The van der Waals surface area contributed by atoms with Crippen LogP contribution in [0.15, 0.2) is 54.7 Å². The van der Waals surface area contributed by atoms with Crippen molar-refractivity contribution in [3.05, 3.63) is 71.7 Å². The van der Waals surface area contributed by atoms with Crippen LogP contribution in [0, 0.1) is 20.8 Å². The van der Waals surface area contributed by atoms with Crippen LogP contribution in [0.5, 0.6) is 0 Å². The number of nitrogens with one attached hydrogen (secondary N) is 2. The minimum Gasteiger partial charge on any atom is -0.345 e. The molecule has 0 spiro atoms. The first kappa shape index (κ1) is 15.4. The number of nitrogens with zero attached hydrogens (tertiary/aromatic N) is 2. The quantitative estimate of drug-likeness (QED) is 0.537. The van der Waals surface area contributed by atoms with Crippen molar-refractivity contribution in [2.24, 2.45) is 0 Å². The number of aromatic nitrogens is 3. The van der Waals surface area contributed by atoms with Gasteiger partial charge >= 0.3 is 0 Å². The summed E-state index contributed by atoms with van der Waals surface area (Å²) in [6.07, 6.45) is 2.00. The number of hydrogen-bond donors (Lipinski definition) is 2. The van der Waals surface area contributed by atoms with E-state index >= 15 is 0 Å². The molecule has 0 atom stereocenters. The maximum absolute atomic E-state index is 4.69. The lowest BCUT2D eigenvalue weighted by Gasteiger charge is -2.14. The SMILES string of the molecule is Cc1nc(Nc2c(C)cccc2C)c2c(-c3ccccc3)c[nH]c2n1. The van der Waals surface area contributed by atoms with Crippen molar-refractivity contribution in [2.75, 3.05) is 5.32 Å². The first-order valence-corrected chi connectivity index (χ1v) is 8.38. The van der Waals surface area contributed by atoms with E-state index in [2.05, 4.69) is 59.5 Å². The van der Waals surface area contributed by atoms with E-state index < -0.39 is 0 Å². The Hall–Kier alpha value is -3.14. The van der Waals surface area contributed by atoms with Crippen LogP contribution in [0.4, 0.5) is 11.5 Å². The van der Waals surface area contributed by atoms with Crippen molar-refractivity contribution in [2.45, 2.75) is 20.8 Å². The van der Waals surface area contributed by atoms with Crippen LogP contribution in [-0.4, -0.2) is 15.0 Å². The Labute approximate surface area is 147 Å². The molecule has 2 heterocycles. The summed E-state index contributed by atoms with van der Waals surface area (Å²) in [5.74, 6) is 1.57. The Morgan fingerprint density at radius 3 is 2.28 bits per heavy atom. The summed E-state index contributed by atoms with van der Waals surface area (Å²) in [5.41, 5.74) is 6.58. The van der Waals surface area contributed by atoms with Gasteiger partial charge in [-0.1, -0.05) is 48.5 Å². The van der Waals surface area contributed by atoms with Crippen molar-refractivity contribution >= 4 is 22.5 Å². The van der Waals surface area contributed by atoms with E-state index in [1.807, 2.05) is 31.3 Å². The Kier molecular flexibility index (Phi) is 3.73. The first-order chi connectivity index (χ1) is 12.1. The maximum atomic E-state index is 4.69. The smallest absolute Gasteiger partial charge is 0.144 e. The molecule has 4 heteroatoms. The number of aryl methyl sites for hydroxylation is 3. The molecule has 0 bridgehead atoms. The van der Waals surface area contributed by atoms with Gasteiger partial charge in [-0.2, -0.15) is 0 Å². The number of fused-ring (bicyclic) bond motifs is 1. The fourth-order valence-corrected chi connectivity index (χ4v) is 3.21. The molecular formula is C21H20N4. The molecule has 0 saturated heterocycles. The van der Waals surface area contributed by atoms with Crippen molar-refractivity contribution in [1.29, 1.82) is 0 Å². The molecule has 0 saturated carbocycles. The van der Waals surface area contributed by atoms with Gasteiger partial charge in [-0.15, -0.1) is 0 Å². The number of hydrogen-bond acceptors (Lipinski definition) is 3. The molecule has 124 valence electrons. The zero-order chi connectivity index (χ0) is 17.4. The first-order valence-electron chi connectivity index (χ1n) is 8.38. The highest BCUT2D eigenvalue weighted by molar-refractivity contribution is 6.02. The van der Waals surface area contributed by atoms with E-state index in [0.717, 1.165) is 39.5 Å². The second kappa shape index (κ2) is 6.06. The van der Waals surface area contributed by atoms with E-state index in [9.17, 15) is 0 Å². The number of H-pyrrole nitrogens is 1. The molecule has 25 heavy (non-hydrogen) atoms. The van der Waals surface area contributed by atoms with E-state index in [1.54, 1.807) is 0 Å². The zero-order valence-corrected chi connectivity index (χ0v) is 14.6. The zero-order valence-electron chi connectivity index (χ0n) is 14.6. The third-order valence-electron chi connectivity index (χ3n) is 4.45. The van der Waals surface area contributed by atoms with Gasteiger partial charge in [0, 0.05) is 17.4 Å². The number of anilines is 2. The largest absolute Gasteiger partial charge is 0.345 e. The standard InChI is InChI=1S/C21H20N4/c1-13-8-7-9-14(2)19(13)25-21-18-17(16-10-5-4-6-11-16)12-22-20(18)23-15(3)24-21/h4-12H,1-3H3,(H2,22,23,24,25). The lowest BCUT2D eigenvalue weighted by molar-refractivity contribution is 1.08. The molecule has 2 aromatic carbocycles. The molecular weight excluding hydrogens is 308 g/mol. The maximum Gasteiger partial charge on any atom is 0.144 e. The predicted molar refractivity (Wildman–Crippen MR) is 103 cm³/mol. The molecule has 0 amide bonds. The molecule has 0 aliphatic heterocycles. The molecule has 0 fully saturated rings. The van der Waals surface area contributed by atoms with Crippen LogP contribution in [0.1, 0.15) is 17.0 Å². The molecule has 0 unspecified atom stereocenters. The van der Waals surface area contributed by atoms with Gasteiger partial charge in [-0.25, -0.2) is 9.97 Å². The summed E-state index contributed by atoms with van der Waals surface area (Å²) >= 11 is 0. The molecule has 4 nitrogen and oxygen atoms in total. The number of para-hydroxylation sites is 1. The number of rotatable bonds is 3. The Morgan fingerprint density at radius 1 is 0.840 bits per heavy atom. The summed E-state index contributed by atoms with van der Waals surface area (Å²) in [4.78, 5) is 12.5. The monoisotopic (exact) mass is 328 g/mol. The normalized spacial score (nSPS) is 11.0. The molecule has 0 radical (unpaired) electrons. The lowest BCUT2D eigenvalue weighted by Crippen LogP contribution is -2.01. The Bertz CT molecular complexity index is 1030. The summed E-state index contributed by atoms with van der Waals surface area (Å²) in [6, 6.07) is 16.6. The van der Waals surface area contributed by atoms with Crippen LogP contribution >= 0.6 is 0 Å². The fourth-order valence-electron chi connectivity index (χ4n) is 3.21. The van der Waals surface area contributed by atoms with E-state index in [0.29, 0.717) is 0 Å². The van der Waals surface area contributed by atoms with Gasteiger partial charge in [-0.3, -0.25) is 0 Å². The molecule has 4 rings (SSSR count). The number of benzene rings is 2. The van der Waals surface area contributed by atoms with E-state index in [-0.39, 0.29) is 0 Å². The summed E-state index contributed by atoms with van der Waals surface area (Å²) < 4.78 is 0. The van der Waals surface area contributed by atoms with Gasteiger partial charge in [0.05, 0.1) is 5.39 Å². The van der Waals surface area contributed by atoms with Crippen molar-refractivity contribution in [3.63, 3.8) is 0 Å². The van der Waals surface area contributed by atoms with Crippen molar-refractivity contribution in [1.82, 2.24) is 15.0 Å². The molecule has 0 aliphatic rings. The van der Waals surface area contributed by atoms with Crippen LogP contribution in [0.3, 0.4) is 0 Å². The second-order valence-corrected chi connectivity index (χ2v) is 6.30. The van der Waals surface area contributed by atoms with Gasteiger partial charge in [0.15, 0.2) is 0 Å². The molecule has 2 aromatic heterocycles. The van der Waals surface area contributed by atoms with Gasteiger partial charge < -0.3 is 10.3 Å². The molecule has 0 aliphatic carbocycles. The van der Waals surface area contributed by atoms with Crippen molar-refractivity contribution in [3.8, 4) is 11.1 Å². The van der Waals surface area contributed by atoms with Crippen LogP contribution in [-0.2, 0) is 0 Å². The lowest BCUT2D eigenvalue weighted by atomic mass is 10.1. The second-order valence-electron chi connectivity index (χ2n) is 6.30. The highest BCUT2D eigenvalue weighted by Crippen LogP contribution is 2.34. The molecule has 4 aromatic rings. The minimum absolute atomic E-state index is 0.739. The third-order valence-corrected chi connectivity index (χ3v) is 4.45. The van der Waals surface area contributed by atoms with E-state index in [1.165, 1.54) is 11.1 Å². The molecule has 2 N–H and O–H groups in total. The topological polar surface area (TPSA) is 53.6 Å².